The van der Waals surface area contributed by atoms with Crippen LogP contribution in [0.5, 0.6) is 11.5 Å². The zero-order valence-electron chi connectivity index (χ0n) is 11.0. The van der Waals surface area contributed by atoms with Crippen molar-refractivity contribution in [2.45, 2.75) is 13.0 Å². The monoisotopic (exact) mass is 317 g/mol. The molecule has 0 fully saturated rings. The molecule has 0 aliphatic heterocycles. The molecule has 1 atom stereocenters. The first-order valence-electron chi connectivity index (χ1n) is 5.86. The largest absolute Gasteiger partial charge is 0.493 e. The molecule has 0 radical (unpaired) electrons. The first-order chi connectivity index (χ1) is 8.69. The van der Waals surface area contributed by atoms with E-state index in [9.17, 15) is 0 Å². The molecule has 102 valence electrons. The van der Waals surface area contributed by atoms with E-state index in [2.05, 4.69) is 28.2 Å². The van der Waals surface area contributed by atoms with Gasteiger partial charge in [-0.2, -0.15) is 0 Å². The van der Waals surface area contributed by atoms with Crippen LogP contribution in [0, 0.1) is 0 Å². The molecule has 0 aliphatic carbocycles. The van der Waals surface area contributed by atoms with Crippen LogP contribution < -0.4 is 14.8 Å². The van der Waals surface area contributed by atoms with Crippen LogP contribution in [0.3, 0.4) is 0 Å². The van der Waals surface area contributed by atoms with Crippen LogP contribution in [0.2, 0.25) is 0 Å². The van der Waals surface area contributed by atoms with E-state index in [-0.39, 0.29) is 0 Å². The number of ether oxygens (including phenoxy) is 3. The van der Waals surface area contributed by atoms with E-state index >= 15 is 0 Å². The van der Waals surface area contributed by atoms with Gasteiger partial charge in [-0.15, -0.1) is 0 Å². The third kappa shape index (κ3) is 4.84. The normalized spacial score (nSPS) is 12.2. The van der Waals surface area contributed by atoms with Crippen molar-refractivity contribution in [3.05, 3.63) is 22.7 Å². The Morgan fingerprint density at radius 3 is 2.78 bits per heavy atom. The van der Waals surface area contributed by atoms with Crippen molar-refractivity contribution in [2.24, 2.45) is 0 Å². The van der Waals surface area contributed by atoms with Crippen LogP contribution in [-0.4, -0.2) is 40.0 Å². The van der Waals surface area contributed by atoms with E-state index in [4.69, 9.17) is 14.2 Å². The van der Waals surface area contributed by atoms with Crippen LogP contribution in [0.1, 0.15) is 6.92 Å². The Morgan fingerprint density at radius 1 is 1.33 bits per heavy atom. The lowest BCUT2D eigenvalue weighted by Gasteiger charge is -2.15. The van der Waals surface area contributed by atoms with Crippen LogP contribution in [0.15, 0.2) is 22.7 Å². The van der Waals surface area contributed by atoms with Gasteiger partial charge in [-0.05, 0) is 35.0 Å². The third-order valence-electron chi connectivity index (χ3n) is 2.41. The summed E-state index contributed by atoms with van der Waals surface area (Å²) in [4.78, 5) is 0. The average molecular weight is 318 g/mol. The van der Waals surface area contributed by atoms with Gasteiger partial charge < -0.3 is 19.5 Å². The Balaban J connectivity index is 2.39. The van der Waals surface area contributed by atoms with E-state index in [1.165, 1.54) is 0 Å². The Bertz CT molecular complexity index is 360. The summed E-state index contributed by atoms with van der Waals surface area (Å²) >= 11 is 3.45. The Labute approximate surface area is 117 Å². The highest BCUT2D eigenvalue weighted by Crippen LogP contribution is 2.34. The second-order valence-electron chi connectivity index (χ2n) is 3.93. The van der Waals surface area contributed by atoms with Crippen molar-refractivity contribution in [1.82, 2.24) is 5.32 Å². The lowest BCUT2D eigenvalue weighted by Crippen LogP contribution is -2.33. The van der Waals surface area contributed by atoms with Crippen molar-refractivity contribution in [2.75, 3.05) is 34.0 Å². The fourth-order valence-corrected chi connectivity index (χ4v) is 2.02. The van der Waals surface area contributed by atoms with Gasteiger partial charge in [-0.3, -0.25) is 0 Å². The molecule has 0 aliphatic rings. The van der Waals surface area contributed by atoms with Crippen molar-refractivity contribution >= 4 is 15.9 Å². The summed E-state index contributed by atoms with van der Waals surface area (Å²) in [6.07, 6.45) is 0. The maximum Gasteiger partial charge on any atom is 0.175 e. The van der Waals surface area contributed by atoms with Crippen molar-refractivity contribution < 1.29 is 14.2 Å². The second kappa shape index (κ2) is 8.34. The molecule has 1 unspecified atom stereocenters. The molecule has 18 heavy (non-hydrogen) atoms. The van der Waals surface area contributed by atoms with Gasteiger partial charge in [0.2, 0.25) is 0 Å². The molecule has 0 spiro atoms. The molecule has 0 saturated carbocycles. The van der Waals surface area contributed by atoms with Gasteiger partial charge >= 0.3 is 0 Å². The average Bonchev–Trinajstić information content (AvgIpc) is 2.36. The maximum absolute atomic E-state index is 5.71. The molecule has 1 rings (SSSR count). The molecule has 0 heterocycles. The van der Waals surface area contributed by atoms with Gasteiger partial charge in [-0.1, -0.05) is 6.07 Å². The van der Waals surface area contributed by atoms with Gasteiger partial charge in [-0.25, -0.2) is 0 Å². The molecule has 0 saturated heterocycles. The topological polar surface area (TPSA) is 39.7 Å². The molecule has 4 nitrogen and oxygen atoms in total. The van der Waals surface area contributed by atoms with Gasteiger partial charge in [0.25, 0.3) is 0 Å². The highest BCUT2D eigenvalue weighted by molar-refractivity contribution is 9.10. The highest BCUT2D eigenvalue weighted by Gasteiger charge is 2.08. The summed E-state index contributed by atoms with van der Waals surface area (Å²) in [5.74, 6) is 1.47. The summed E-state index contributed by atoms with van der Waals surface area (Å²) in [5.41, 5.74) is 0. The fourth-order valence-electron chi connectivity index (χ4n) is 1.56. The molecule has 1 aromatic rings. The molecule has 1 aromatic carbocycles. The van der Waals surface area contributed by atoms with Crippen molar-refractivity contribution in [3.63, 3.8) is 0 Å². The summed E-state index contributed by atoms with van der Waals surface area (Å²) in [6.45, 7) is 4.10. The summed E-state index contributed by atoms with van der Waals surface area (Å²) in [5, 5.41) is 3.30. The predicted octanol–water partition coefficient (Wildman–Crippen LogP) is 2.46. The van der Waals surface area contributed by atoms with E-state index in [1.54, 1.807) is 14.2 Å². The molecule has 1 N–H and O–H groups in total. The van der Waals surface area contributed by atoms with Gasteiger partial charge in [0.05, 0.1) is 18.2 Å². The highest BCUT2D eigenvalue weighted by atomic mass is 79.9. The van der Waals surface area contributed by atoms with Gasteiger partial charge in [0.15, 0.2) is 11.5 Å². The van der Waals surface area contributed by atoms with E-state index in [0.717, 1.165) is 22.5 Å². The first kappa shape index (κ1) is 15.3. The third-order valence-corrected chi connectivity index (χ3v) is 3.03. The zero-order chi connectivity index (χ0) is 13.4. The minimum atomic E-state index is 0.319. The molecule has 0 aromatic heterocycles. The molecule has 0 bridgehead atoms. The van der Waals surface area contributed by atoms with Gasteiger partial charge in [0.1, 0.15) is 6.61 Å². The van der Waals surface area contributed by atoms with E-state index in [0.29, 0.717) is 19.3 Å². The number of nitrogens with one attached hydrogen (secondary N) is 1. The number of benzene rings is 1. The number of hydrogen-bond donors (Lipinski definition) is 1. The van der Waals surface area contributed by atoms with Crippen LogP contribution in [0.25, 0.3) is 0 Å². The predicted molar refractivity (Wildman–Crippen MR) is 75.5 cm³/mol. The molecule has 5 heteroatoms. The maximum atomic E-state index is 5.71. The van der Waals surface area contributed by atoms with Crippen LogP contribution >= 0.6 is 15.9 Å². The lowest BCUT2D eigenvalue weighted by molar-refractivity contribution is 0.168. The van der Waals surface area contributed by atoms with Gasteiger partial charge in [0, 0.05) is 19.7 Å². The Morgan fingerprint density at radius 2 is 2.11 bits per heavy atom. The summed E-state index contributed by atoms with van der Waals surface area (Å²) in [7, 11) is 3.33. The number of rotatable bonds is 8. The smallest absolute Gasteiger partial charge is 0.175 e. The minimum absolute atomic E-state index is 0.319. The zero-order valence-corrected chi connectivity index (χ0v) is 12.6. The fraction of sp³-hybridized carbons (Fsp3) is 0.538. The molecular weight excluding hydrogens is 298 g/mol. The Kier molecular flexibility index (Phi) is 7.08. The summed E-state index contributed by atoms with van der Waals surface area (Å²) < 4.78 is 16.9. The van der Waals surface area contributed by atoms with E-state index < -0.39 is 0 Å². The van der Waals surface area contributed by atoms with Crippen molar-refractivity contribution in [1.29, 1.82) is 0 Å². The second-order valence-corrected chi connectivity index (χ2v) is 4.78. The number of para-hydroxylation sites is 1. The first-order valence-corrected chi connectivity index (χ1v) is 6.66. The number of halogens is 1. The standard InChI is InChI=1S/C13H20BrNO3/c1-10(9-16-2)15-7-8-18-13-11(14)5-4-6-12(13)17-3/h4-6,10,15H,7-9H2,1-3H3. The molecular formula is C13H20BrNO3. The SMILES string of the molecule is COCC(C)NCCOc1c(Br)cccc1OC. The van der Waals surface area contributed by atoms with E-state index in [1.807, 2.05) is 18.2 Å². The summed E-state index contributed by atoms with van der Waals surface area (Å²) in [6, 6.07) is 6.04. The lowest BCUT2D eigenvalue weighted by atomic mass is 10.3. The van der Waals surface area contributed by atoms with Crippen LogP contribution in [0.4, 0.5) is 0 Å². The number of methoxy groups -OCH3 is 2. The molecule has 0 amide bonds. The minimum Gasteiger partial charge on any atom is -0.493 e. The quantitative estimate of drug-likeness (QED) is 0.748. The van der Waals surface area contributed by atoms with Crippen molar-refractivity contribution in [3.8, 4) is 11.5 Å². The Hall–Kier alpha value is -0.780. The number of hydrogen-bond acceptors (Lipinski definition) is 4. The van der Waals surface area contributed by atoms with Crippen LogP contribution in [-0.2, 0) is 4.74 Å².